The molecule has 0 fully saturated rings. The molecule has 0 aromatic heterocycles. The Labute approximate surface area is 161 Å². The highest BCUT2D eigenvalue weighted by Crippen LogP contribution is 2.23. The van der Waals surface area contributed by atoms with Gasteiger partial charge in [-0.05, 0) is 54.6 Å². The number of nitrogens with zero attached hydrogens (tertiary/aromatic N) is 1. The van der Waals surface area contributed by atoms with Gasteiger partial charge in [-0.15, -0.1) is 0 Å². The Morgan fingerprint density at radius 3 is 2.04 bits per heavy atom. The number of carbonyl (C=O) groups is 1. The van der Waals surface area contributed by atoms with Crippen LogP contribution < -0.4 is 0 Å². The maximum absolute atomic E-state index is 12.7. The Morgan fingerprint density at radius 2 is 1.41 bits per heavy atom. The number of sulfonamides is 1. The normalized spacial score (nSPS) is 16.4. The third-order valence-electron chi connectivity index (χ3n) is 3.61. The van der Waals surface area contributed by atoms with Crippen molar-refractivity contribution in [3.63, 3.8) is 0 Å². The molecular formula is C18H12ClNO5S2. The number of benzene rings is 2. The molecule has 9 heteroatoms. The third kappa shape index (κ3) is 4.08. The highest BCUT2D eigenvalue weighted by atomic mass is 35.5. The average Bonchev–Trinajstić information content (AvgIpc) is 2.64. The molecule has 0 atom stereocenters. The summed E-state index contributed by atoms with van der Waals surface area (Å²) in [4.78, 5) is 11.4. The van der Waals surface area contributed by atoms with Gasteiger partial charge in [0.25, 0.3) is 10.0 Å². The summed E-state index contributed by atoms with van der Waals surface area (Å²) in [7, 11) is -8.20. The Kier molecular flexibility index (Phi) is 5.14. The van der Waals surface area contributed by atoms with E-state index in [-0.39, 0.29) is 15.5 Å². The molecule has 1 aliphatic rings. The Bertz CT molecular complexity index is 1190. The zero-order chi connectivity index (χ0) is 19.7. The van der Waals surface area contributed by atoms with Gasteiger partial charge in [0.05, 0.1) is 15.5 Å². The van der Waals surface area contributed by atoms with E-state index in [0.29, 0.717) is 5.02 Å². The van der Waals surface area contributed by atoms with E-state index in [1.807, 2.05) is 0 Å². The molecule has 6 nitrogen and oxygen atoms in total. The second kappa shape index (κ2) is 7.22. The van der Waals surface area contributed by atoms with Crippen molar-refractivity contribution in [1.29, 1.82) is 0 Å². The highest BCUT2D eigenvalue weighted by molar-refractivity contribution is 7.96. The van der Waals surface area contributed by atoms with E-state index < -0.39 is 30.5 Å². The SMILES string of the molecule is O=C1C=CC(=NS(=O)(=O)c2ccc(Cl)cc2)C=C1S(=O)(=O)c1ccccc1. The van der Waals surface area contributed by atoms with Crippen LogP contribution in [-0.2, 0) is 24.7 Å². The Morgan fingerprint density at radius 1 is 0.778 bits per heavy atom. The smallest absolute Gasteiger partial charge is 0.282 e. The fourth-order valence-electron chi connectivity index (χ4n) is 2.29. The summed E-state index contributed by atoms with van der Waals surface area (Å²) in [6.07, 6.45) is 3.09. The van der Waals surface area contributed by atoms with E-state index in [4.69, 9.17) is 11.6 Å². The molecule has 0 N–H and O–H groups in total. The lowest BCUT2D eigenvalue weighted by Crippen LogP contribution is -2.17. The van der Waals surface area contributed by atoms with Crippen molar-refractivity contribution in [3.05, 3.63) is 82.8 Å². The fraction of sp³-hybridized carbons (Fsp3) is 0. The van der Waals surface area contributed by atoms with Gasteiger partial charge in [-0.2, -0.15) is 12.8 Å². The first-order chi connectivity index (χ1) is 12.7. The first-order valence-corrected chi connectivity index (χ1v) is 10.8. The number of sulfone groups is 1. The first kappa shape index (κ1) is 19.2. The maximum atomic E-state index is 12.7. The predicted molar refractivity (Wildman–Crippen MR) is 102 cm³/mol. The van der Waals surface area contributed by atoms with Gasteiger partial charge in [0.1, 0.15) is 4.91 Å². The van der Waals surface area contributed by atoms with Crippen LogP contribution in [0.2, 0.25) is 5.02 Å². The van der Waals surface area contributed by atoms with Crippen LogP contribution in [-0.4, -0.2) is 28.3 Å². The van der Waals surface area contributed by atoms with Gasteiger partial charge < -0.3 is 0 Å². The van der Waals surface area contributed by atoms with Gasteiger partial charge in [-0.1, -0.05) is 29.8 Å². The number of allylic oxidation sites excluding steroid dienone is 4. The van der Waals surface area contributed by atoms with E-state index in [1.165, 1.54) is 48.5 Å². The summed E-state index contributed by atoms with van der Waals surface area (Å²) in [5.41, 5.74) is -0.168. The van der Waals surface area contributed by atoms with Crippen molar-refractivity contribution in [2.75, 3.05) is 0 Å². The van der Waals surface area contributed by atoms with Crippen molar-refractivity contribution in [2.45, 2.75) is 9.79 Å². The van der Waals surface area contributed by atoms with Gasteiger partial charge in [-0.25, -0.2) is 8.42 Å². The molecule has 2 aromatic rings. The number of hydrogen-bond donors (Lipinski definition) is 0. The number of carbonyl (C=O) groups excluding carboxylic acids is 1. The van der Waals surface area contributed by atoms with Gasteiger partial charge >= 0.3 is 0 Å². The summed E-state index contributed by atoms with van der Waals surface area (Å²) in [6, 6.07) is 12.8. The lowest BCUT2D eigenvalue weighted by molar-refractivity contribution is -0.110. The first-order valence-electron chi connectivity index (χ1n) is 7.55. The van der Waals surface area contributed by atoms with Crippen LogP contribution in [0.15, 0.2) is 91.9 Å². The van der Waals surface area contributed by atoms with Crippen LogP contribution >= 0.6 is 11.6 Å². The largest absolute Gasteiger partial charge is 0.288 e. The van der Waals surface area contributed by atoms with Crippen LogP contribution in [0.5, 0.6) is 0 Å². The van der Waals surface area contributed by atoms with Gasteiger partial charge in [0.2, 0.25) is 9.84 Å². The summed E-state index contributed by atoms with van der Waals surface area (Å²) in [5, 5.41) is 0.362. The molecule has 2 aromatic carbocycles. The summed E-state index contributed by atoms with van der Waals surface area (Å²) in [6.45, 7) is 0. The Hall–Kier alpha value is -2.55. The van der Waals surface area contributed by atoms with Crippen molar-refractivity contribution in [3.8, 4) is 0 Å². The van der Waals surface area contributed by atoms with Crippen LogP contribution in [0.25, 0.3) is 0 Å². The zero-order valence-corrected chi connectivity index (χ0v) is 16.0. The monoisotopic (exact) mass is 421 g/mol. The summed E-state index contributed by atoms with van der Waals surface area (Å²) >= 11 is 5.74. The molecule has 0 saturated carbocycles. The van der Waals surface area contributed by atoms with E-state index in [0.717, 1.165) is 18.2 Å². The fourth-order valence-corrected chi connectivity index (χ4v) is 4.77. The van der Waals surface area contributed by atoms with E-state index in [1.54, 1.807) is 6.07 Å². The molecule has 0 saturated heterocycles. The molecule has 0 unspecified atom stereocenters. The molecule has 0 spiro atoms. The van der Waals surface area contributed by atoms with E-state index in [9.17, 15) is 21.6 Å². The van der Waals surface area contributed by atoms with Crippen molar-refractivity contribution >= 4 is 43.0 Å². The molecule has 27 heavy (non-hydrogen) atoms. The minimum atomic E-state index is -4.10. The molecule has 1 aliphatic carbocycles. The maximum Gasteiger partial charge on any atom is 0.282 e. The molecular weight excluding hydrogens is 410 g/mol. The number of hydrogen-bond acceptors (Lipinski definition) is 5. The zero-order valence-electron chi connectivity index (χ0n) is 13.6. The topological polar surface area (TPSA) is 97.7 Å². The lowest BCUT2D eigenvalue weighted by Gasteiger charge is -2.10. The minimum Gasteiger partial charge on any atom is -0.288 e. The quantitative estimate of drug-likeness (QED) is 0.707. The molecule has 0 amide bonds. The van der Waals surface area contributed by atoms with E-state index >= 15 is 0 Å². The molecule has 0 radical (unpaired) electrons. The van der Waals surface area contributed by atoms with Gasteiger partial charge in [0, 0.05) is 5.02 Å². The summed E-state index contributed by atoms with van der Waals surface area (Å²) in [5.74, 6) is -0.748. The molecule has 0 bridgehead atoms. The third-order valence-corrected chi connectivity index (χ3v) is 6.97. The van der Waals surface area contributed by atoms with Crippen LogP contribution in [0.4, 0.5) is 0 Å². The van der Waals surface area contributed by atoms with Gasteiger partial charge in [0.15, 0.2) is 5.78 Å². The average molecular weight is 422 g/mol. The van der Waals surface area contributed by atoms with Crippen molar-refractivity contribution in [1.82, 2.24) is 0 Å². The molecule has 0 aliphatic heterocycles. The predicted octanol–water partition coefficient (Wildman–Crippen LogP) is 2.97. The number of ketones is 1. The lowest BCUT2D eigenvalue weighted by atomic mass is 10.2. The minimum absolute atomic E-state index is 0.0696. The Balaban J connectivity index is 2.05. The molecule has 138 valence electrons. The summed E-state index contributed by atoms with van der Waals surface area (Å²) < 4.78 is 53.8. The second-order valence-electron chi connectivity index (χ2n) is 5.47. The standard InChI is InChI=1S/C18H12ClNO5S2/c19-13-6-9-16(10-7-13)27(24,25)20-14-8-11-17(21)18(12-14)26(22,23)15-4-2-1-3-5-15/h1-12H. The second-order valence-corrected chi connectivity index (χ2v) is 9.43. The van der Waals surface area contributed by atoms with Crippen molar-refractivity contribution < 1.29 is 21.6 Å². The van der Waals surface area contributed by atoms with E-state index in [2.05, 4.69) is 4.40 Å². The van der Waals surface area contributed by atoms with Crippen LogP contribution in [0.1, 0.15) is 0 Å². The van der Waals surface area contributed by atoms with Crippen molar-refractivity contribution in [2.24, 2.45) is 4.40 Å². The highest BCUT2D eigenvalue weighted by Gasteiger charge is 2.28. The molecule has 0 heterocycles. The number of rotatable bonds is 4. The van der Waals surface area contributed by atoms with Crippen LogP contribution in [0.3, 0.4) is 0 Å². The molecule has 3 rings (SSSR count). The van der Waals surface area contributed by atoms with Crippen LogP contribution in [0, 0.1) is 0 Å². The number of halogens is 1. The van der Waals surface area contributed by atoms with Gasteiger partial charge in [-0.3, -0.25) is 4.79 Å².